The van der Waals surface area contributed by atoms with Crippen molar-refractivity contribution in [2.45, 2.75) is 37.6 Å². The van der Waals surface area contributed by atoms with E-state index in [0.29, 0.717) is 36.1 Å². The molecule has 0 saturated carbocycles. The zero-order valence-corrected chi connectivity index (χ0v) is 26.2. The number of fused-ring (bicyclic) bond motifs is 1. The summed E-state index contributed by atoms with van der Waals surface area (Å²) in [6.07, 6.45) is 0.712. The molecule has 0 bridgehead atoms. The fourth-order valence-corrected chi connectivity index (χ4v) is 6.58. The van der Waals surface area contributed by atoms with Crippen molar-refractivity contribution in [2.75, 3.05) is 17.9 Å². The molecular weight excluding hydrogens is 588 g/mol. The predicted molar refractivity (Wildman–Crippen MR) is 176 cm³/mol. The van der Waals surface area contributed by atoms with Crippen molar-refractivity contribution in [1.29, 1.82) is 0 Å². The normalized spacial score (nSPS) is 11.6. The first-order chi connectivity index (χ1) is 21.5. The highest BCUT2D eigenvalue weighted by atomic mass is 32.2. The number of carbonyl (C=O) groups excluding carboxylic acids is 1. The molecule has 0 aliphatic rings. The molecule has 0 radical (unpaired) electrons. The first kappa shape index (κ1) is 31.4. The summed E-state index contributed by atoms with van der Waals surface area (Å²) in [6.45, 7) is 4.47. The van der Waals surface area contributed by atoms with E-state index in [1.165, 1.54) is 13.1 Å². The summed E-state index contributed by atoms with van der Waals surface area (Å²) in [5.41, 5.74) is 3.20. The first-order valence-electron chi connectivity index (χ1n) is 14.6. The fourth-order valence-electron chi connectivity index (χ4n) is 5.28. The summed E-state index contributed by atoms with van der Waals surface area (Å²) in [5.74, 6) is -2.77. The van der Waals surface area contributed by atoms with Crippen LogP contribution in [-0.2, 0) is 23.0 Å². The Morgan fingerprint density at radius 2 is 1.33 bits per heavy atom. The van der Waals surface area contributed by atoms with Gasteiger partial charge in [0.25, 0.3) is 15.9 Å². The molecule has 3 N–H and O–H groups in total. The molecule has 0 atom stereocenters. The van der Waals surface area contributed by atoms with Crippen molar-refractivity contribution in [3.05, 3.63) is 125 Å². The molecule has 5 aromatic rings. The largest absolute Gasteiger partial charge is 0.504 e. The quantitative estimate of drug-likeness (QED) is 0.147. The van der Waals surface area contributed by atoms with Gasteiger partial charge < -0.3 is 20.2 Å². The van der Waals surface area contributed by atoms with Gasteiger partial charge in [0.15, 0.2) is 11.5 Å². The van der Waals surface area contributed by atoms with Crippen molar-refractivity contribution in [3.8, 4) is 17.2 Å². The van der Waals surface area contributed by atoms with Gasteiger partial charge in [-0.1, -0.05) is 86.6 Å². The van der Waals surface area contributed by atoms with E-state index < -0.39 is 32.2 Å². The molecule has 0 aromatic heterocycles. The van der Waals surface area contributed by atoms with Gasteiger partial charge in [-0.25, -0.2) is 8.42 Å². The minimum atomic E-state index is -4.33. The highest BCUT2D eigenvalue weighted by Gasteiger charge is 2.30. The average Bonchev–Trinajstić information content (AvgIpc) is 3.05. The van der Waals surface area contributed by atoms with Gasteiger partial charge in [-0.15, -0.1) is 0 Å². The van der Waals surface area contributed by atoms with Crippen LogP contribution in [0.4, 0.5) is 5.69 Å². The maximum absolute atomic E-state index is 13.8. The van der Waals surface area contributed by atoms with E-state index >= 15 is 0 Å². The molecule has 0 aliphatic heterocycles. The molecule has 9 heteroatoms. The molecule has 5 rings (SSSR count). The average molecular weight is 625 g/mol. The number of aromatic hydroxyl groups is 3. The van der Waals surface area contributed by atoms with Crippen LogP contribution in [0.15, 0.2) is 108 Å². The number of nitrogens with zero attached hydrogens (tertiary/aromatic N) is 2. The number of carbonyl (C=O) groups is 1. The van der Waals surface area contributed by atoms with Crippen LogP contribution in [-0.4, -0.2) is 48.1 Å². The summed E-state index contributed by atoms with van der Waals surface area (Å²) < 4.78 is 28.2. The van der Waals surface area contributed by atoms with E-state index in [-0.39, 0.29) is 17.4 Å². The molecule has 45 heavy (non-hydrogen) atoms. The van der Waals surface area contributed by atoms with Crippen molar-refractivity contribution < 1.29 is 28.5 Å². The molecule has 0 heterocycles. The number of hydrogen-bond donors (Lipinski definition) is 3. The zero-order valence-electron chi connectivity index (χ0n) is 25.4. The highest BCUT2D eigenvalue weighted by Crippen LogP contribution is 2.45. The fraction of sp³-hybridized carbons (Fsp3) is 0.194. The molecular formula is C36H36N2O6S. The van der Waals surface area contributed by atoms with E-state index in [0.717, 1.165) is 20.8 Å². The van der Waals surface area contributed by atoms with Crippen LogP contribution in [0.3, 0.4) is 0 Å². The number of phenolic OH excluding ortho intramolecular Hbond substituents is 3. The Kier molecular flexibility index (Phi) is 9.01. The summed E-state index contributed by atoms with van der Waals surface area (Å²) in [4.78, 5) is 15.1. The summed E-state index contributed by atoms with van der Waals surface area (Å²) in [7, 11) is -2.98. The van der Waals surface area contributed by atoms with Crippen molar-refractivity contribution >= 4 is 32.4 Å². The topological polar surface area (TPSA) is 118 Å². The number of hydrogen-bond acceptors (Lipinski definition) is 6. The Balaban J connectivity index is 1.43. The summed E-state index contributed by atoms with van der Waals surface area (Å²) >= 11 is 0. The predicted octanol–water partition coefficient (Wildman–Crippen LogP) is 6.79. The first-order valence-corrected chi connectivity index (χ1v) is 16.1. The van der Waals surface area contributed by atoms with E-state index in [9.17, 15) is 28.5 Å². The number of phenols is 3. The van der Waals surface area contributed by atoms with Crippen LogP contribution in [0, 0.1) is 0 Å². The Labute approximate surface area is 263 Å². The van der Waals surface area contributed by atoms with Gasteiger partial charge >= 0.3 is 0 Å². The standard InChI is InChI=1S/C36H36N2O6S/c1-24(2)31-22-32(34(40)35(41)33(31)39)45(43,44)37(3)30-17-16-27-20-29(15-14-28(27)21-30)36(42)38(23-26-12-8-5-9-13-26)19-18-25-10-6-4-7-11-25/h4-17,20-22,24,39-41H,18-19,23H2,1-3H3. The molecule has 5 aromatic carbocycles. The molecule has 0 spiro atoms. The Bertz CT molecular complexity index is 1940. The van der Waals surface area contributed by atoms with Crippen molar-refractivity contribution in [3.63, 3.8) is 0 Å². The molecule has 232 valence electrons. The molecule has 0 unspecified atom stereocenters. The van der Waals surface area contributed by atoms with Gasteiger partial charge in [0, 0.05) is 31.3 Å². The van der Waals surface area contributed by atoms with Crippen LogP contribution >= 0.6 is 0 Å². The molecule has 1 amide bonds. The Morgan fingerprint density at radius 3 is 1.98 bits per heavy atom. The van der Waals surface area contributed by atoms with Gasteiger partial charge in [-0.05, 0) is 64.6 Å². The number of rotatable bonds is 10. The van der Waals surface area contributed by atoms with E-state index in [4.69, 9.17) is 0 Å². The summed E-state index contributed by atoms with van der Waals surface area (Å²) in [5, 5.41) is 32.4. The maximum Gasteiger partial charge on any atom is 0.267 e. The molecule has 8 nitrogen and oxygen atoms in total. The number of benzene rings is 5. The number of anilines is 1. The van der Waals surface area contributed by atoms with Crippen LogP contribution in [0.2, 0.25) is 0 Å². The van der Waals surface area contributed by atoms with Crippen LogP contribution in [0.5, 0.6) is 17.2 Å². The van der Waals surface area contributed by atoms with E-state index in [2.05, 4.69) is 0 Å². The van der Waals surface area contributed by atoms with Gasteiger partial charge in [0.2, 0.25) is 5.75 Å². The lowest BCUT2D eigenvalue weighted by atomic mass is 10.0. The number of amides is 1. The second-order valence-electron chi connectivity index (χ2n) is 11.3. The van der Waals surface area contributed by atoms with Crippen LogP contribution < -0.4 is 4.31 Å². The van der Waals surface area contributed by atoms with Gasteiger partial charge in [0.1, 0.15) is 4.90 Å². The third kappa shape index (κ3) is 6.58. The maximum atomic E-state index is 13.8. The molecule has 0 saturated heterocycles. The molecule has 0 aliphatic carbocycles. The van der Waals surface area contributed by atoms with Gasteiger partial charge in [-0.2, -0.15) is 0 Å². The van der Waals surface area contributed by atoms with Crippen LogP contribution in [0.25, 0.3) is 10.8 Å². The minimum absolute atomic E-state index is 0.107. The van der Waals surface area contributed by atoms with E-state index in [1.807, 2.05) is 65.6 Å². The number of sulfonamides is 1. The second kappa shape index (κ2) is 12.9. The lowest BCUT2D eigenvalue weighted by Crippen LogP contribution is -2.32. The smallest absolute Gasteiger partial charge is 0.267 e. The lowest BCUT2D eigenvalue weighted by Gasteiger charge is -2.24. The van der Waals surface area contributed by atoms with Gasteiger partial charge in [0.05, 0.1) is 5.69 Å². The Morgan fingerprint density at radius 1 is 0.733 bits per heavy atom. The lowest BCUT2D eigenvalue weighted by molar-refractivity contribution is 0.0745. The third-order valence-electron chi connectivity index (χ3n) is 7.95. The minimum Gasteiger partial charge on any atom is -0.504 e. The SMILES string of the molecule is CC(C)c1cc(S(=O)(=O)N(C)c2ccc3cc(C(=O)N(CCc4ccccc4)Cc4ccccc4)ccc3c2)c(O)c(O)c1O. The van der Waals surface area contributed by atoms with Crippen LogP contribution in [0.1, 0.15) is 46.8 Å². The van der Waals surface area contributed by atoms with Crippen molar-refractivity contribution in [2.24, 2.45) is 0 Å². The second-order valence-corrected chi connectivity index (χ2v) is 13.3. The molecule has 0 fully saturated rings. The van der Waals surface area contributed by atoms with E-state index in [1.54, 1.807) is 50.2 Å². The highest BCUT2D eigenvalue weighted by molar-refractivity contribution is 7.93. The Hall–Kier alpha value is -5.02. The summed E-state index contributed by atoms with van der Waals surface area (Å²) in [6, 6.07) is 31.4. The monoisotopic (exact) mass is 624 g/mol. The zero-order chi connectivity index (χ0) is 32.3. The van der Waals surface area contributed by atoms with Crippen molar-refractivity contribution in [1.82, 2.24) is 4.90 Å². The van der Waals surface area contributed by atoms with Gasteiger partial charge in [-0.3, -0.25) is 9.10 Å². The third-order valence-corrected chi connectivity index (χ3v) is 9.75.